The third-order valence-electron chi connectivity index (χ3n) is 4.50. The minimum absolute atomic E-state index is 0.0224. The molecule has 0 aliphatic carbocycles. The van der Waals surface area contributed by atoms with E-state index < -0.39 is 35.1 Å². The van der Waals surface area contributed by atoms with Crippen LogP contribution < -0.4 is 0 Å². The van der Waals surface area contributed by atoms with E-state index >= 15 is 0 Å². The predicted molar refractivity (Wildman–Crippen MR) is 92.6 cm³/mol. The van der Waals surface area contributed by atoms with Crippen LogP contribution in [0.25, 0.3) is 17.6 Å². The number of rotatable bonds is 3. The van der Waals surface area contributed by atoms with Gasteiger partial charge >= 0.3 is 12.4 Å². The largest absolute Gasteiger partial charge is 0.416 e. The molecule has 0 bridgehead atoms. The zero-order chi connectivity index (χ0) is 22.1. The van der Waals surface area contributed by atoms with Crippen LogP contribution in [0.4, 0.5) is 26.3 Å². The highest BCUT2D eigenvalue weighted by Crippen LogP contribution is 2.38. The Morgan fingerprint density at radius 2 is 1.60 bits per heavy atom. The second-order valence-electron chi connectivity index (χ2n) is 6.71. The van der Waals surface area contributed by atoms with Gasteiger partial charge in [0, 0.05) is 30.9 Å². The average molecular weight is 434 g/mol. The third-order valence-corrected chi connectivity index (χ3v) is 4.50. The lowest BCUT2D eigenvalue weighted by molar-refractivity contribution is -0.143. The fourth-order valence-corrected chi connectivity index (χ4v) is 2.89. The molecule has 6 nitrogen and oxygen atoms in total. The van der Waals surface area contributed by atoms with Gasteiger partial charge in [0.05, 0.1) is 17.2 Å². The highest BCUT2D eigenvalue weighted by Gasteiger charge is 2.37. The third kappa shape index (κ3) is 5.17. The van der Waals surface area contributed by atoms with Crippen LogP contribution in [0, 0.1) is 0 Å². The Morgan fingerprint density at radius 3 is 2.13 bits per heavy atom. The molecule has 1 aliphatic heterocycles. The van der Waals surface area contributed by atoms with Crippen LogP contribution in [0.15, 0.2) is 30.6 Å². The summed E-state index contributed by atoms with van der Waals surface area (Å²) in [6, 6.07) is 1.08. The zero-order valence-electron chi connectivity index (χ0n) is 15.3. The number of carbonyl (C=O) groups excluding carboxylic acids is 1. The summed E-state index contributed by atoms with van der Waals surface area (Å²) in [5.41, 5.74) is -3.40. The number of nitrogens with zero attached hydrogens (tertiary/aromatic N) is 4. The topological polar surface area (TPSA) is 71.2 Å². The maximum absolute atomic E-state index is 13.0. The van der Waals surface area contributed by atoms with Crippen LogP contribution in [0.3, 0.4) is 0 Å². The number of benzene rings is 1. The standard InChI is InChI=1S/C18H16F6N4O2/c19-17(20,21)12-7-11(8-13(9-12)18(22,23)24)16-25-10-28(26-16)6-3-15(30)27-4-1-14(29)2-5-27/h3,6-10,14,29H,1-2,4-5H2/b6-3-. The molecule has 1 fully saturated rings. The molecule has 1 aromatic heterocycles. The van der Waals surface area contributed by atoms with Crippen molar-refractivity contribution in [1.29, 1.82) is 0 Å². The van der Waals surface area contributed by atoms with Gasteiger partial charge in [-0.15, -0.1) is 5.10 Å². The molecule has 0 unspecified atom stereocenters. The fourth-order valence-electron chi connectivity index (χ4n) is 2.89. The fraction of sp³-hybridized carbons (Fsp3) is 0.389. The maximum Gasteiger partial charge on any atom is 0.416 e. The summed E-state index contributed by atoms with van der Waals surface area (Å²) in [6.45, 7) is 0.745. The molecule has 3 rings (SSSR count). The Bertz CT molecular complexity index is 911. The van der Waals surface area contributed by atoms with Gasteiger partial charge in [0.15, 0.2) is 5.82 Å². The molecule has 1 saturated heterocycles. The number of halogens is 6. The number of aromatic nitrogens is 3. The highest BCUT2D eigenvalue weighted by molar-refractivity contribution is 5.90. The summed E-state index contributed by atoms with van der Waals surface area (Å²) in [5, 5.41) is 13.3. The van der Waals surface area contributed by atoms with E-state index in [2.05, 4.69) is 10.1 Å². The van der Waals surface area contributed by atoms with E-state index in [1.165, 1.54) is 11.1 Å². The van der Waals surface area contributed by atoms with Crippen molar-refractivity contribution in [3.8, 4) is 11.4 Å². The minimum Gasteiger partial charge on any atom is -0.393 e. The van der Waals surface area contributed by atoms with E-state index in [0.29, 0.717) is 38.1 Å². The Labute approximate surface area is 166 Å². The first-order chi connectivity index (χ1) is 13.9. The monoisotopic (exact) mass is 434 g/mol. The molecule has 1 amide bonds. The van der Waals surface area contributed by atoms with Gasteiger partial charge in [-0.05, 0) is 31.0 Å². The predicted octanol–water partition coefficient (Wildman–Crippen LogP) is 3.44. The van der Waals surface area contributed by atoms with E-state index in [4.69, 9.17) is 0 Å². The lowest BCUT2D eigenvalue weighted by Crippen LogP contribution is -2.39. The molecule has 0 saturated carbocycles. The van der Waals surface area contributed by atoms with Gasteiger partial charge < -0.3 is 10.0 Å². The number of carbonyl (C=O) groups is 1. The lowest BCUT2D eigenvalue weighted by Gasteiger charge is -2.28. The van der Waals surface area contributed by atoms with Crippen LogP contribution in [-0.2, 0) is 17.1 Å². The first-order valence-electron chi connectivity index (χ1n) is 8.79. The molecule has 1 aromatic carbocycles. The second-order valence-corrected chi connectivity index (χ2v) is 6.71. The number of likely N-dealkylation sites (tertiary alicyclic amines) is 1. The molecule has 2 heterocycles. The van der Waals surface area contributed by atoms with Crippen LogP contribution in [0.2, 0.25) is 0 Å². The van der Waals surface area contributed by atoms with Gasteiger partial charge in [0.2, 0.25) is 5.91 Å². The number of aliphatic hydroxyl groups excluding tert-OH is 1. The normalized spacial score (nSPS) is 16.4. The maximum atomic E-state index is 13.0. The molecule has 0 radical (unpaired) electrons. The van der Waals surface area contributed by atoms with Crippen molar-refractivity contribution in [2.75, 3.05) is 13.1 Å². The van der Waals surface area contributed by atoms with E-state index in [1.54, 1.807) is 0 Å². The molecular weight excluding hydrogens is 418 g/mol. The zero-order valence-corrected chi connectivity index (χ0v) is 15.3. The van der Waals surface area contributed by atoms with Gasteiger partial charge in [-0.25, -0.2) is 9.67 Å². The van der Waals surface area contributed by atoms with Crippen molar-refractivity contribution in [2.45, 2.75) is 31.3 Å². The summed E-state index contributed by atoms with van der Waals surface area (Å²) in [4.78, 5) is 17.4. The molecule has 1 aliphatic rings. The molecule has 2 aromatic rings. The lowest BCUT2D eigenvalue weighted by atomic mass is 10.0. The van der Waals surface area contributed by atoms with E-state index in [-0.39, 0.29) is 17.8 Å². The second kappa shape index (κ2) is 8.09. The quantitative estimate of drug-likeness (QED) is 0.594. The van der Waals surface area contributed by atoms with Gasteiger partial charge in [-0.1, -0.05) is 0 Å². The number of piperidine rings is 1. The van der Waals surface area contributed by atoms with Crippen LogP contribution in [0.1, 0.15) is 24.0 Å². The molecular formula is C18H16F6N4O2. The van der Waals surface area contributed by atoms with E-state index in [1.807, 2.05) is 0 Å². The molecule has 162 valence electrons. The van der Waals surface area contributed by atoms with Crippen molar-refractivity contribution in [2.24, 2.45) is 0 Å². The molecule has 0 atom stereocenters. The smallest absolute Gasteiger partial charge is 0.393 e. The van der Waals surface area contributed by atoms with Crippen molar-refractivity contribution < 1.29 is 36.2 Å². The van der Waals surface area contributed by atoms with Gasteiger partial charge in [0.1, 0.15) is 6.33 Å². The minimum atomic E-state index is -4.98. The highest BCUT2D eigenvalue weighted by atomic mass is 19.4. The van der Waals surface area contributed by atoms with Gasteiger partial charge in [-0.3, -0.25) is 4.79 Å². The van der Waals surface area contributed by atoms with Crippen LogP contribution in [-0.4, -0.2) is 49.9 Å². The van der Waals surface area contributed by atoms with Crippen LogP contribution >= 0.6 is 0 Å². The number of amides is 1. The number of hydrogen-bond donors (Lipinski definition) is 1. The molecule has 30 heavy (non-hydrogen) atoms. The Kier molecular flexibility index (Phi) is 5.88. The summed E-state index contributed by atoms with van der Waals surface area (Å²) < 4.78 is 78.9. The first kappa shape index (κ1) is 21.8. The van der Waals surface area contributed by atoms with Crippen molar-refractivity contribution >= 4 is 12.1 Å². The number of hydrogen-bond acceptors (Lipinski definition) is 4. The molecule has 12 heteroatoms. The number of aliphatic hydroxyl groups is 1. The summed E-state index contributed by atoms with van der Waals surface area (Å²) in [5.74, 6) is -0.720. The van der Waals surface area contributed by atoms with Crippen molar-refractivity contribution in [1.82, 2.24) is 19.7 Å². The first-order valence-corrected chi connectivity index (χ1v) is 8.79. The SMILES string of the molecule is O=C(/C=C\n1cnc(-c2cc(C(F)(F)F)cc(C(F)(F)F)c2)n1)N1CCC(O)CC1. The summed E-state index contributed by atoms with van der Waals surface area (Å²) >= 11 is 0. The molecule has 0 spiro atoms. The van der Waals surface area contributed by atoms with Gasteiger partial charge in [0.25, 0.3) is 0 Å². The van der Waals surface area contributed by atoms with Crippen molar-refractivity contribution in [3.63, 3.8) is 0 Å². The Hall–Kier alpha value is -2.89. The Balaban J connectivity index is 1.82. The summed E-state index contributed by atoms with van der Waals surface area (Å²) in [7, 11) is 0. The Morgan fingerprint density at radius 1 is 1.03 bits per heavy atom. The van der Waals surface area contributed by atoms with Gasteiger partial charge in [-0.2, -0.15) is 26.3 Å². The van der Waals surface area contributed by atoms with E-state index in [9.17, 15) is 36.2 Å². The van der Waals surface area contributed by atoms with Crippen LogP contribution in [0.5, 0.6) is 0 Å². The summed E-state index contributed by atoms with van der Waals surface area (Å²) in [6.07, 6.45) is -6.10. The van der Waals surface area contributed by atoms with Crippen molar-refractivity contribution in [3.05, 3.63) is 41.7 Å². The van der Waals surface area contributed by atoms with E-state index in [0.717, 1.165) is 17.1 Å². The number of alkyl halides is 6. The average Bonchev–Trinajstić information content (AvgIpc) is 3.14. The molecule has 1 N–H and O–H groups in total.